The van der Waals surface area contributed by atoms with Crippen LogP contribution in [0.2, 0.25) is 0 Å². The summed E-state index contributed by atoms with van der Waals surface area (Å²) in [5.41, 5.74) is 4.76. The first-order chi connectivity index (χ1) is 9.47. The van der Waals surface area contributed by atoms with Gasteiger partial charge in [0.15, 0.2) is 0 Å². The largest absolute Gasteiger partial charge is 0.389 e. The van der Waals surface area contributed by atoms with Gasteiger partial charge in [0.05, 0.1) is 11.4 Å². The van der Waals surface area contributed by atoms with Gasteiger partial charge in [-0.25, -0.2) is 26.3 Å². The lowest BCUT2D eigenvalue weighted by molar-refractivity contribution is -0.122. The van der Waals surface area contributed by atoms with Gasteiger partial charge in [0.25, 0.3) is 0 Å². The minimum absolute atomic E-state index is 0.409. The molecule has 0 atom stereocenters. The van der Waals surface area contributed by atoms with Gasteiger partial charge in [-0.1, -0.05) is 12.2 Å². The molecule has 21 heavy (non-hydrogen) atoms. The number of benzene rings is 1. The monoisotopic (exact) mass is 348 g/mol. The van der Waals surface area contributed by atoms with Crippen LogP contribution in [-0.2, 0) is 10.0 Å². The standard InChI is InChI=1S/C10H9F5N2O2S2/c11-7-2-1-5(3-6(7)8(16)20)21(18,19)17-4-10(14,15)9(12)13/h1-3,9,17H,4H2,(H2,16,20). The summed E-state index contributed by atoms with van der Waals surface area (Å²) in [6, 6.07) is 2.20. The number of rotatable bonds is 6. The lowest BCUT2D eigenvalue weighted by Crippen LogP contribution is -2.41. The van der Waals surface area contributed by atoms with E-state index in [1.54, 1.807) is 0 Å². The van der Waals surface area contributed by atoms with E-state index in [2.05, 4.69) is 12.2 Å². The van der Waals surface area contributed by atoms with E-state index in [0.717, 1.165) is 12.1 Å². The average molecular weight is 348 g/mol. The van der Waals surface area contributed by atoms with Crippen LogP contribution in [0.15, 0.2) is 23.1 Å². The number of hydrogen-bond donors (Lipinski definition) is 2. The first-order valence-electron chi connectivity index (χ1n) is 5.22. The van der Waals surface area contributed by atoms with Crippen LogP contribution < -0.4 is 10.5 Å². The first-order valence-corrected chi connectivity index (χ1v) is 7.11. The van der Waals surface area contributed by atoms with Crippen LogP contribution in [0, 0.1) is 5.82 Å². The van der Waals surface area contributed by atoms with Crippen molar-refractivity contribution >= 4 is 27.2 Å². The van der Waals surface area contributed by atoms with Crippen molar-refractivity contribution in [3.05, 3.63) is 29.6 Å². The Bertz CT molecular complexity index is 649. The quantitative estimate of drug-likeness (QED) is 0.606. The second-order valence-corrected chi connectivity index (χ2v) is 6.10. The number of nitrogens with two attached hydrogens (primary N) is 1. The van der Waals surface area contributed by atoms with Crippen molar-refractivity contribution < 1.29 is 30.4 Å². The summed E-state index contributed by atoms with van der Waals surface area (Å²) < 4.78 is 87.3. The Kier molecular flexibility index (Phi) is 5.23. The number of hydrogen-bond acceptors (Lipinski definition) is 3. The predicted octanol–water partition coefficient (Wildman–Crippen LogP) is 1.64. The third kappa shape index (κ3) is 4.32. The molecule has 4 nitrogen and oxygen atoms in total. The molecule has 0 unspecified atom stereocenters. The number of thiocarbonyl (C=S) groups is 1. The maximum atomic E-state index is 13.3. The molecular weight excluding hydrogens is 339 g/mol. The second kappa shape index (κ2) is 6.20. The molecule has 118 valence electrons. The maximum Gasteiger partial charge on any atom is 0.320 e. The van der Waals surface area contributed by atoms with Gasteiger partial charge in [-0.05, 0) is 18.2 Å². The Morgan fingerprint density at radius 2 is 1.95 bits per heavy atom. The van der Waals surface area contributed by atoms with E-state index in [-0.39, 0.29) is 0 Å². The number of sulfonamides is 1. The van der Waals surface area contributed by atoms with Crippen molar-refractivity contribution in [1.82, 2.24) is 4.72 Å². The fraction of sp³-hybridized carbons (Fsp3) is 0.300. The molecule has 0 aliphatic carbocycles. The van der Waals surface area contributed by atoms with Crippen LogP contribution in [0.1, 0.15) is 5.56 Å². The maximum absolute atomic E-state index is 13.3. The van der Waals surface area contributed by atoms with Gasteiger partial charge < -0.3 is 5.73 Å². The Morgan fingerprint density at radius 1 is 1.38 bits per heavy atom. The molecule has 0 saturated carbocycles. The highest BCUT2D eigenvalue weighted by Crippen LogP contribution is 2.23. The van der Waals surface area contributed by atoms with Gasteiger partial charge in [-0.3, -0.25) is 0 Å². The molecule has 0 spiro atoms. The van der Waals surface area contributed by atoms with Crippen molar-refractivity contribution in [1.29, 1.82) is 0 Å². The van der Waals surface area contributed by atoms with Crippen LogP contribution in [0.3, 0.4) is 0 Å². The van der Waals surface area contributed by atoms with Gasteiger partial charge in [0.2, 0.25) is 10.0 Å². The van der Waals surface area contributed by atoms with E-state index in [1.807, 2.05) is 0 Å². The van der Waals surface area contributed by atoms with Crippen LogP contribution in [-0.4, -0.2) is 32.3 Å². The molecule has 0 aromatic heterocycles. The molecule has 0 aliphatic heterocycles. The third-order valence-electron chi connectivity index (χ3n) is 2.33. The van der Waals surface area contributed by atoms with E-state index in [9.17, 15) is 30.4 Å². The molecule has 0 aliphatic rings. The zero-order valence-corrected chi connectivity index (χ0v) is 11.7. The predicted molar refractivity (Wildman–Crippen MR) is 68.4 cm³/mol. The van der Waals surface area contributed by atoms with E-state index >= 15 is 0 Å². The van der Waals surface area contributed by atoms with E-state index in [4.69, 9.17) is 5.73 Å². The van der Waals surface area contributed by atoms with Gasteiger partial charge in [0.1, 0.15) is 10.8 Å². The molecule has 0 heterocycles. The molecule has 1 aromatic rings. The molecule has 0 amide bonds. The van der Waals surface area contributed by atoms with Crippen LogP contribution in [0.4, 0.5) is 22.0 Å². The topological polar surface area (TPSA) is 72.2 Å². The molecule has 1 rings (SSSR count). The molecular formula is C10H9F5N2O2S2. The highest BCUT2D eigenvalue weighted by atomic mass is 32.2. The van der Waals surface area contributed by atoms with Gasteiger partial charge in [-0.2, -0.15) is 8.78 Å². The summed E-state index contributed by atoms with van der Waals surface area (Å²) in [5, 5.41) is 0. The van der Waals surface area contributed by atoms with E-state index < -0.39 is 50.2 Å². The zero-order valence-electron chi connectivity index (χ0n) is 10.1. The number of alkyl halides is 4. The van der Waals surface area contributed by atoms with E-state index in [1.165, 1.54) is 4.72 Å². The summed E-state index contributed by atoms with van der Waals surface area (Å²) in [4.78, 5) is -1.07. The molecule has 0 saturated heterocycles. The highest BCUT2D eigenvalue weighted by molar-refractivity contribution is 7.89. The number of halogens is 5. The fourth-order valence-electron chi connectivity index (χ4n) is 1.21. The van der Waals surface area contributed by atoms with Crippen LogP contribution in [0.25, 0.3) is 0 Å². The normalized spacial score (nSPS) is 12.7. The summed E-state index contributed by atoms with van der Waals surface area (Å²) in [7, 11) is -4.54. The Balaban J connectivity index is 3.04. The summed E-state index contributed by atoms with van der Waals surface area (Å²) in [6.45, 7) is -1.80. The molecule has 11 heteroatoms. The molecule has 0 fully saturated rings. The minimum atomic E-state index is -4.54. The van der Waals surface area contributed by atoms with Gasteiger partial charge in [-0.15, -0.1) is 0 Å². The summed E-state index contributed by atoms with van der Waals surface area (Å²) in [5.74, 6) is -5.43. The lowest BCUT2D eigenvalue weighted by Gasteiger charge is -2.16. The lowest BCUT2D eigenvalue weighted by atomic mass is 10.2. The first kappa shape index (κ1) is 17.7. The zero-order chi connectivity index (χ0) is 16.4. The molecule has 3 N–H and O–H groups in total. The van der Waals surface area contributed by atoms with Crippen molar-refractivity contribution in [3.63, 3.8) is 0 Å². The van der Waals surface area contributed by atoms with Crippen LogP contribution in [0.5, 0.6) is 0 Å². The van der Waals surface area contributed by atoms with Crippen molar-refractivity contribution in [2.75, 3.05) is 6.54 Å². The van der Waals surface area contributed by atoms with Crippen molar-refractivity contribution in [2.24, 2.45) is 5.73 Å². The SMILES string of the molecule is NC(=S)c1cc(S(=O)(=O)NCC(F)(F)C(F)F)ccc1F. The molecule has 1 aromatic carbocycles. The number of nitrogens with one attached hydrogen (secondary N) is 1. The summed E-state index contributed by atoms with van der Waals surface area (Å²) in [6.07, 6.45) is -4.03. The van der Waals surface area contributed by atoms with Crippen LogP contribution >= 0.6 is 12.2 Å². The summed E-state index contributed by atoms with van der Waals surface area (Å²) >= 11 is 4.49. The van der Waals surface area contributed by atoms with Crippen molar-refractivity contribution in [2.45, 2.75) is 17.2 Å². The third-order valence-corrected chi connectivity index (χ3v) is 3.95. The average Bonchev–Trinajstić information content (AvgIpc) is 2.36. The second-order valence-electron chi connectivity index (χ2n) is 3.89. The minimum Gasteiger partial charge on any atom is -0.389 e. The van der Waals surface area contributed by atoms with Gasteiger partial charge in [0, 0.05) is 5.56 Å². The molecule has 0 radical (unpaired) electrons. The fourth-order valence-corrected chi connectivity index (χ4v) is 2.44. The van der Waals surface area contributed by atoms with Gasteiger partial charge >= 0.3 is 12.3 Å². The van der Waals surface area contributed by atoms with Crippen molar-refractivity contribution in [3.8, 4) is 0 Å². The van der Waals surface area contributed by atoms with E-state index in [0.29, 0.717) is 6.07 Å². The smallest absolute Gasteiger partial charge is 0.320 e. The Morgan fingerprint density at radius 3 is 2.43 bits per heavy atom. The highest BCUT2D eigenvalue weighted by Gasteiger charge is 2.41. The Labute approximate surface area is 122 Å². The molecule has 0 bridgehead atoms. The Hall–Kier alpha value is -1.33.